The van der Waals surface area contributed by atoms with Gasteiger partial charge in [0.25, 0.3) is 0 Å². The largest absolute Gasteiger partial charge is 0.329 e. The van der Waals surface area contributed by atoms with E-state index in [1.54, 1.807) is 6.08 Å². The Labute approximate surface area is 182 Å². The summed E-state index contributed by atoms with van der Waals surface area (Å²) in [7, 11) is 0. The van der Waals surface area contributed by atoms with E-state index in [9.17, 15) is 4.79 Å². The van der Waals surface area contributed by atoms with Crippen LogP contribution in [0.2, 0.25) is 0 Å². The topological polar surface area (TPSA) is 59.0 Å². The Morgan fingerprint density at radius 2 is 1.73 bits per heavy atom. The van der Waals surface area contributed by atoms with Crippen molar-refractivity contribution >= 4 is 35.0 Å². The summed E-state index contributed by atoms with van der Waals surface area (Å²) < 4.78 is 1.85. The highest BCUT2D eigenvalue weighted by molar-refractivity contribution is 7.80. The fraction of sp³-hybridized carbons (Fsp3) is 0.208. The maximum Gasteiger partial charge on any atom is 0.250 e. The van der Waals surface area contributed by atoms with Crippen molar-refractivity contribution in [3.63, 3.8) is 0 Å². The van der Waals surface area contributed by atoms with Crippen LogP contribution in [0.3, 0.4) is 0 Å². The molecule has 0 bridgehead atoms. The number of aromatic nitrogens is 2. The molecule has 1 amide bonds. The second-order valence-corrected chi connectivity index (χ2v) is 7.80. The van der Waals surface area contributed by atoms with Crippen molar-refractivity contribution in [1.82, 2.24) is 15.1 Å². The molecule has 1 aromatic heterocycles. The van der Waals surface area contributed by atoms with Crippen LogP contribution in [0.4, 0.5) is 5.69 Å². The summed E-state index contributed by atoms with van der Waals surface area (Å²) >= 11 is 5.32. The number of aryl methyl sites for hydroxylation is 1. The number of nitrogens with one attached hydrogen (secondary N) is 2. The molecule has 0 aliphatic rings. The van der Waals surface area contributed by atoms with Gasteiger partial charge in [0.2, 0.25) is 5.91 Å². The maximum atomic E-state index is 12.2. The molecular weight excluding hydrogens is 392 g/mol. The van der Waals surface area contributed by atoms with Gasteiger partial charge in [0.15, 0.2) is 5.11 Å². The normalized spacial score (nSPS) is 11.1. The van der Waals surface area contributed by atoms with Gasteiger partial charge in [0.1, 0.15) is 0 Å². The fourth-order valence-electron chi connectivity index (χ4n) is 3.11. The number of thiocarbonyl (C=S) groups is 1. The van der Waals surface area contributed by atoms with E-state index in [2.05, 4.69) is 41.7 Å². The third-order valence-corrected chi connectivity index (χ3v) is 5.00. The molecule has 0 saturated heterocycles. The van der Waals surface area contributed by atoms with E-state index in [-0.39, 0.29) is 11.0 Å². The minimum atomic E-state index is -0.286. The van der Waals surface area contributed by atoms with E-state index in [0.717, 1.165) is 28.3 Å². The zero-order valence-electron chi connectivity index (χ0n) is 17.6. The van der Waals surface area contributed by atoms with Crippen LogP contribution in [-0.2, 0) is 4.79 Å². The Kier molecular flexibility index (Phi) is 6.79. The van der Waals surface area contributed by atoms with Crippen LogP contribution in [0.1, 0.15) is 42.3 Å². The summed E-state index contributed by atoms with van der Waals surface area (Å²) in [5.74, 6) is 0.194. The van der Waals surface area contributed by atoms with E-state index in [1.165, 1.54) is 11.6 Å². The van der Waals surface area contributed by atoms with Crippen molar-refractivity contribution in [3.8, 4) is 5.69 Å². The van der Waals surface area contributed by atoms with Gasteiger partial charge in [-0.1, -0.05) is 56.3 Å². The summed E-state index contributed by atoms with van der Waals surface area (Å²) in [5.41, 5.74) is 5.70. The molecule has 30 heavy (non-hydrogen) atoms. The zero-order valence-corrected chi connectivity index (χ0v) is 18.5. The molecule has 3 aromatic rings. The quantitative estimate of drug-likeness (QED) is 0.445. The van der Waals surface area contributed by atoms with Gasteiger partial charge in [-0.25, -0.2) is 4.68 Å². The van der Waals surface area contributed by atoms with E-state index < -0.39 is 0 Å². The zero-order chi connectivity index (χ0) is 21.7. The molecule has 0 saturated carbocycles. The monoisotopic (exact) mass is 418 g/mol. The first kappa shape index (κ1) is 21.5. The number of hydrogen-bond donors (Lipinski definition) is 2. The van der Waals surface area contributed by atoms with Crippen molar-refractivity contribution in [2.75, 3.05) is 5.32 Å². The standard InChI is InChI=1S/C24H26N4OS/c1-16(2)20-13-10-19(11-14-20)12-15-22(29)25-24(30)26-23-17(3)27-28(18(23)4)21-8-6-5-7-9-21/h5-16H,1-4H3,(H2,25,26,29,30)/b15-12+. The number of carbonyl (C=O) groups is 1. The maximum absolute atomic E-state index is 12.2. The number of hydrogen-bond acceptors (Lipinski definition) is 3. The number of rotatable bonds is 5. The molecule has 0 unspecified atom stereocenters. The number of carbonyl (C=O) groups excluding carboxylic acids is 1. The molecule has 2 aromatic carbocycles. The van der Waals surface area contributed by atoms with E-state index >= 15 is 0 Å². The third-order valence-electron chi connectivity index (χ3n) is 4.80. The Bertz CT molecular complexity index is 1070. The lowest BCUT2D eigenvalue weighted by molar-refractivity contribution is -0.115. The first-order chi connectivity index (χ1) is 14.3. The van der Waals surface area contributed by atoms with Crippen LogP contribution in [0.5, 0.6) is 0 Å². The summed E-state index contributed by atoms with van der Waals surface area (Å²) in [6.07, 6.45) is 3.25. The molecule has 1 heterocycles. The van der Waals surface area contributed by atoms with Crippen LogP contribution in [0.15, 0.2) is 60.7 Å². The van der Waals surface area contributed by atoms with Crippen molar-refractivity contribution in [2.45, 2.75) is 33.6 Å². The smallest absolute Gasteiger partial charge is 0.250 e. The van der Waals surface area contributed by atoms with Gasteiger partial charge >= 0.3 is 0 Å². The van der Waals surface area contributed by atoms with E-state index in [4.69, 9.17) is 12.2 Å². The van der Waals surface area contributed by atoms with Crippen molar-refractivity contribution in [3.05, 3.63) is 83.2 Å². The lowest BCUT2D eigenvalue weighted by atomic mass is 10.0. The molecular formula is C24H26N4OS. The van der Waals surface area contributed by atoms with Crippen LogP contribution in [-0.4, -0.2) is 20.8 Å². The van der Waals surface area contributed by atoms with Crippen molar-refractivity contribution < 1.29 is 4.79 Å². The fourth-order valence-corrected chi connectivity index (χ4v) is 3.31. The Hall–Kier alpha value is -3.25. The Morgan fingerprint density at radius 1 is 1.07 bits per heavy atom. The lowest BCUT2D eigenvalue weighted by Crippen LogP contribution is -2.33. The van der Waals surface area contributed by atoms with Crippen LogP contribution < -0.4 is 10.6 Å². The number of amides is 1. The SMILES string of the molecule is Cc1nn(-c2ccccc2)c(C)c1NC(=S)NC(=O)/C=C/c1ccc(C(C)C)cc1. The molecule has 154 valence electrons. The second-order valence-electron chi connectivity index (χ2n) is 7.39. The average molecular weight is 419 g/mol. The van der Waals surface area contributed by atoms with Gasteiger partial charge in [-0.15, -0.1) is 0 Å². The highest BCUT2D eigenvalue weighted by Crippen LogP contribution is 2.22. The molecule has 0 atom stereocenters. The molecule has 3 rings (SSSR count). The van der Waals surface area contributed by atoms with Crippen molar-refractivity contribution in [2.24, 2.45) is 0 Å². The molecule has 2 N–H and O–H groups in total. The van der Waals surface area contributed by atoms with Crippen LogP contribution >= 0.6 is 12.2 Å². The van der Waals surface area contributed by atoms with E-state index in [1.807, 2.05) is 61.0 Å². The van der Waals surface area contributed by atoms with Gasteiger partial charge in [-0.3, -0.25) is 10.1 Å². The average Bonchev–Trinajstić information content (AvgIpc) is 3.01. The summed E-state index contributed by atoms with van der Waals surface area (Å²) in [6, 6.07) is 18.0. The number of benzene rings is 2. The highest BCUT2D eigenvalue weighted by atomic mass is 32.1. The first-order valence-corrected chi connectivity index (χ1v) is 10.3. The van der Waals surface area contributed by atoms with E-state index in [0.29, 0.717) is 5.92 Å². The number of nitrogens with zero attached hydrogens (tertiary/aromatic N) is 2. The van der Waals surface area contributed by atoms with Gasteiger partial charge < -0.3 is 5.32 Å². The first-order valence-electron chi connectivity index (χ1n) is 9.87. The van der Waals surface area contributed by atoms with Gasteiger partial charge in [0, 0.05) is 6.08 Å². The predicted octanol–water partition coefficient (Wildman–Crippen LogP) is 5.14. The molecule has 0 fully saturated rings. The molecule has 0 radical (unpaired) electrons. The van der Waals surface area contributed by atoms with Gasteiger partial charge in [-0.05, 0) is 61.3 Å². The van der Waals surface area contributed by atoms with Crippen LogP contribution in [0.25, 0.3) is 11.8 Å². The summed E-state index contributed by atoms with van der Waals surface area (Å²) in [6.45, 7) is 8.17. The predicted molar refractivity (Wildman–Crippen MR) is 127 cm³/mol. The third kappa shape index (κ3) is 5.21. The second kappa shape index (κ2) is 9.50. The molecule has 0 spiro atoms. The molecule has 5 nitrogen and oxygen atoms in total. The molecule has 0 aliphatic carbocycles. The lowest BCUT2D eigenvalue weighted by Gasteiger charge is -2.09. The Balaban J connectivity index is 1.63. The summed E-state index contributed by atoms with van der Waals surface area (Å²) in [4.78, 5) is 12.2. The minimum absolute atomic E-state index is 0.235. The summed E-state index contributed by atoms with van der Waals surface area (Å²) in [5, 5.41) is 10.6. The Morgan fingerprint density at radius 3 is 2.37 bits per heavy atom. The number of para-hydroxylation sites is 1. The minimum Gasteiger partial charge on any atom is -0.329 e. The van der Waals surface area contributed by atoms with Gasteiger partial charge in [0.05, 0.1) is 22.8 Å². The molecule has 0 aliphatic heterocycles. The number of anilines is 1. The molecule has 6 heteroatoms. The van der Waals surface area contributed by atoms with Crippen LogP contribution in [0, 0.1) is 13.8 Å². The highest BCUT2D eigenvalue weighted by Gasteiger charge is 2.14. The van der Waals surface area contributed by atoms with Crippen molar-refractivity contribution in [1.29, 1.82) is 0 Å². The van der Waals surface area contributed by atoms with Gasteiger partial charge in [-0.2, -0.15) is 5.10 Å².